The molecular weight excluding hydrogens is 962 g/mol. The number of hydrogen-bond donors (Lipinski definition) is 2. The number of aliphatic hydroxyl groups is 1. The Morgan fingerprint density at radius 3 is 2.18 bits per heavy atom. The smallest absolute Gasteiger partial charge is 0 e. The molecule has 0 radical (unpaired) electrons. The van der Waals surface area contributed by atoms with Crippen molar-refractivity contribution in [2.24, 2.45) is 0 Å². The quantitative estimate of drug-likeness (QED) is 0.0471. The van der Waals surface area contributed by atoms with Crippen molar-refractivity contribution in [3.8, 4) is 0 Å². The molecule has 1 aliphatic carbocycles. The number of aryl methyl sites for hydroxylation is 1. The Balaban J connectivity index is 0.00000587. The Kier molecular flexibility index (Phi) is 24.9. The predicted molar refractivity (Wildman–Crippen MR) is 264 cm³/mol. The number of rotatable bonds is 16. The Bertz CT molecular complexity index is 2430. The van der Waals surface area contributed by atoms with Crippen LogP contribution in [0.5, 0.6) is 0 Å². The fourth-order valence-corrected chi connectivity index (χ4v) is 8.99. The van der Waals surface area contributed by atoms with Crippen LogP contribution in [0.15, 0.2) is 112 Å². The van der Waals surface area contributed by atoms with Crippen molar-refractivity contribution in [1.29, 1.82) is 0 Å². The number of anilines is 1. The molecular formula is C52H72N2Ni2O8S2-6. The van der Waals surface area contributed by atoms with Gasteiger partial charge in [0.15, 0.2) is 0 Å². The maximum absolute atomic E-state index is 12.2. The molecule has 2 N–H and O–H groups in total. The molecule has 66 heavy (non-hydrogen) atoms. The summed E-state index contributed by atoms with van der Waals surface area (Å²) in [6.07, 6.45) is 12.7. The summed E-state index contributed by atoms with van der Waals surface area (Å²) in [5.41, 5.74) is 7.25. The van der Waals surface area contributed by atoms with Crippen LogP contribution >= 0.6 is 0 Å². The number of hydrogen-bond acceptors (Lipinski definition) is 8. The minimum atomic E-state index is -4.66. The molecule has 10 nitrogen and oxygen atoms in total. The molecule has 1 aliphatic heterocycles. The van der Waals surface area contributed by atoms with Crippen molar-refractivity contribution in [2.45, 2.75) is 99.6 Å². The Hall–Kier alpha value is -3.02. The van der Waals surface area contributed by atoms with E-state index in [4.69, 9.17) is 19.8 Å². The van der Waals surface area contributed by atoms with Gasteiger partial charge in [0.25, 0.3) is 10.1 Å². The summed E-state index contributed by atoms with van der Waals surface area (Å²) in [4.78, 5) is 1.82. The first-order valence-corrected chi connectivity index (χ1v) is 24.1. The molecule has 0 amide bonds. The molecule has 3 aromatic rings. The van der Waals surface area contributed by atoms with Crippen LogP contribution < -0.4 is 4.90 Å². The predicted octanol–water partition coefficient (Wildman–Crippen LogP) is 9.82. The van der Waals surface area contributed by atoms with Crippen molar-refractivity contribution >= 4 is 36.0 Å². The van der Waals surface area contributed by atoms with Crippen LogP contribution in [0.3, 0.4) is 0 Å². The second-order valence-corrected chi connectivity index (χ2v) is 21.1. The van der Waals surface area contributed by atoms with E-state index in [1.54, 1.807) is 12.1 Å². The Morgan fingerprint density at radius 2 is 1.62 bits per heavy atom. The van der Waals surface area contributed by atoms with Gasteiger partial charge in [0.2, 0.25) is 0 Å². The number of quaternary nitrogens is 1. The largest absolute Gasteiger partial charge is 0.372 e. The molecule has 1 unspecified atom stereocenters. The van der Waals surface area contributed by atoms with Gasteiger partial charge >= 0.3 is 278 Å². The van der Waals surface area contributed by atoms with Crippen LogP contribution in [0.1, 0.15) is 88.5 Å². The maximum atomic E-state index is 12.2. The van der Waals surface area contributed by atoms with Crippen molar-refractivity contribution in [3.05, 3.63) is 166 Å². The Labute approximate surface area is 417 Å². The van der Waals surface area contributed by atoms with Gasteiger partial charge in [0.1, 0.15) is 0 Å². The fourth-order valence-electron chi connectivity index (χ4n) is 7.77. The second kappa shape index (κ2) is 26.1. The first kappa shape index (κ1) is 63.0. The van der Waals surface area contributed by atoms with Crippen LogP contribution in [0.2, 0.25) is 0 Å². The normalized spacial score (nSPS) is 16.6. The monoisotopic (exact) mass is 1030 g/mol. The van der Waals surface area contributed by atoms with Gasteiger partial charge in [-0.3, -0.25) is 4.55 Å². The van der Waals surface area contributed by atoms with E-state index in [9.17, 15) is 31.0 Å². The van der Waals surface area contributed by atoms with Crippen molar-refractivity contribution in [2.75, 3.05) is 46.2 Å². The van der Waals surface area contributed by atoms with Crippen LogP contribution in [-0.4, -0.2) is 87.7 Å². The zero-order valence-corrected chi connectivity index (χ0v) is 44.2. The standard InChI is InChI=1S/C46H58N2O8S2.C3H6.3CH3.2Ni/c1-45(2,37-16-10-17-38(31-37)57(50,51)52)28-11-15-34-13-9-14-35(44(34)36-21-18-33(19-22-36)20-27-43(49)56-8)23-26-42-46(3,4)40-32-39(58(53,54)55)24-25-41(40)47(42)29-12-30-48(5,6)7;1-3-2;;;;;/h10-11,15,17-19,21-26,31-32,43,49H,9,12-14,20,27,29-30H2,1-8H3,(H,50,51,52)(H,53,54,55);1-3H2;3*1H3;;/q;-2;3*-1;;/p-1/b15-11+,35-23+,42-26+;;;;;;. The molecule has 2 aliphatic rings. The zero-order chi connectivity index (χ0) is 46.3. The minimum Gasteiger partial charge on any atom is -0.372 e. The maximum Gasteiger partial charge on any atom is 0 e. The van der Waals surface area contributed by atoms with E-state index in [1.165, 1.54) is 31.4 Å². The first-order valence-electron chi connectivity index (χ1n) is 20.7. The van der Waals surface area contributed by atoms with E-state index in [0.717, 1.165) is 94.5 Å². The number of nitrogens with zero attached hydrogens (tertiary/aromatic N) is 2. The van der Waals surface area contributed by atoms with Crippen LogP contribution in [-0.2, 0) is 73.7 Å². The number of methoxy groups -OCH3 is 1. The Morgan fingerprint density at radius 1 is 1.00 bits per heavy atom. The topological polar surface area (TPSA) is 144 Å². The van der Waals surface area contributed by atoms with Gasteiger partial charge in [-0.15, -0.1) is 0 Å². The molecule has 1 atom stereocenters. The van der Waals surface area contributed by atoms with E-state index in [1.807, 2.05) is 19.9 Å². The van der Waals surface area contributed by atoms with Crippen molar-refractivity contribution in [1.82, 2.24) is 0 Å². The SMILES string of the molecule is COC(O)CCc1ccc(C2=C(/C=C/[C](=[Ni])C(C)(C)c3[c-]ccc(S(=O)(=O)[O-])c3)CCC/C2=C\C=C2\N(CCC[N+](C)(C)C)c3ccc(S(=O)(=O)O)cc3C2(C)C)cc1.[CH2-]C[CH2-].[CH3-].[CH3-].[CH3-].[Ni]. The van der Waals surface area contributed by atoms with E-state index in [-0.39, 0.29) is 48.6 Å². The molecule has 376 valence electrons. The number of aliphatic hydroxyl groups excluding tert-OH is 1. The number of ether oxygens (including phenoxy) is 1. The number of fused-ring (bicyclic) bond motifs is 1. The van der Waals surface area contributed by atoms with Gasteiger partial charge in [0.05, 0.1) is 32.6 Å². The molecule has 3 aromatic carbocycles. The van der Waals surface area contributed by atoms with Crippen LogP contribution in [0.4, 0.5) is 5.69 Å². The fraction of sp³-hybridized carbons (Fsp3) is 0.385. The molecule has 14 heteroatoms. The van der Waals surface area contributed by atoms with Gasteiger partial charge in [-0.2, -0.15) is 8.42 Å². The molecule has 1 heterocycles. The molecule has 0 fully saturated rings. The van der Waals surface area contributed by atoms with Crippen LogP contribution in [0, 0.1) is 42.2 Å². The third kappa shape index (κ3) is 16.3. The molecule has 0 spiro atoms. The van der Waals surface area contributed by atoms with E-state index in [0.29, 0.717) is 22.9 Å². The third-order valence-corrected chi connectivity index (χ3v) is 13.7. The summed E-state index contributed by atoms with van der Waals surface area (Å²) in [7, 11) is -1.11. The van der Waals surface area contributed by atoms with E-state index in [2.05, 4.69) is 102 Å². The van der Waals surface area contributed by atoms with Crippen LogP contribution in [0.25, 0.3) is 5.57 Å². The van der Waals surface area contributed by atoms with Gasteiger partial charge in [-0.05, 0) is 6.07 Å². The molecule has 0 saturated heterocycles. The summed E-state index contributed by atoms with van der Waals surface area (Å²) >= 11 is 5.56. The summed E-state index contributed by atoms with van der Waals surface area (Å²) < 4.78 is 76.3. The average Bonchev–Trinajstić information content (AvgIpc) is 3.41. The average molecular weight is 1030 g/mol. The number of benzene rings is 3. The van der Waals surface area contributed by atoms with Gasteiger partial charge < -0.3 is 56.9 Å². The molecule has 0 saturated carbocycles. The summed E-state index contributed by atoms with van der Waals surface area (Å²) in [5, 5.41) is 9.98. The second-order valence-electron chi connectivity index (χ2n) is 17.7. The van der Waals surface area contributed by atoms with E-state index >= 15 is 0 Å². The first-order chi connectivity index (χ1) is 28.8. The van der Waals surface area contributed by atoms with Crippen molar-refractivity contribution in [3.63, 3.8) is 0 Å². The zero-order valence-electron chi connectivity index (χ0n) is 40.6. The van der Waals surface area contributed by atoms with Gasteiger partial charge in [-0.1, -0.05) is 0 Å². The van der Waals surface area contributed by atoms with Gasteiger partial charge in [-0.25, -0.2) is 0 Å². The van der Waals surface area contributed by atoms with Gasteiger partial charge in [0, 0.05) is 23.6 Å². The minimum absolute atomic E-state index is 0. The molecule has 0 bridgehead atoms. The number of allylic oxidation sites excluding steroid dienone is 8. The third-order valence-electron chi connectivity index (χ3n) is 11.3. The summed E-state index contributed by atoms with van der Waals surface area (Å²) in [6.45, 7) is 16.4. The summed E-state index contributed by atoms with van der Waals surface area (Å²) in [5.74, 6) is 0. The van der Waals surface area contributed by atoms with E-state index < -0.39 is 37.4 Å². The summed E-state index contributed by atoms with van der Waals surface area (Å²) in [6, 6.07) is 20.3. The molecule has 0 aromatic heterocycles. The molecule has 5 rings (SSSR count). The van der Waals surface area contributed by atoms with Crippen molar-refractivity contribution < 1.29 is 71.8 Å².